The van der Waals surface area contributed by atoms with E-state index in [1.165, 1.54) is 5.57 Å². The van der Waals surface area contributed by atoms with Gasteiger partial charge in [-0.2, -0.15) is 0 Å². The van der Waals surface area contributed by atoms with Gasteiger partial charge in [0.1, 0.15) is 0 Å². The average molecular weight is 230 g/mol. The first-order chi connectivity index (χ1) is 8.25. The lowest BCUT2D eigenvalue weighted by Gasteiger charge is -2.19. The minimum absolute atomic E-state index is 0.141. The molecule has 1 unspecified atom stereocenters. The van der Waals surface area contributed by atoms with E-state index < -0.39 is 0 Å². The Hall–Kier alpha value is -1.64. The average Bonchev–Trinajstić information content (AvgIpc) is 2.38. The topological polar surface area (TPSA) is 42.0 Å². The van der Waals surface area contributed by atoms with Gasteiger partial charge < -0.3 is 5.32 Å². The van der Waals surface area contributed by atoms with Crippen LogP contribution in [0.15, 0.2) is 36.0 Å². The highest BCUT2D eigenvalue weighted by Gasteiger charge is 2.19. The Morgan fingerprint density at radius 1 is 1.53 bits per heavy atom. The molecule has 3 nitrogen and oxygen atoms in total. The Bertz CT molecular complexity index is 411. The molecule has 0 bridgehead atoms. The second-order valence-corrected chi connectivity index (χ2v) is 4.56. The molecule has 0 aliphatic heterocycles. The molecule has 2 rings (SSSR count). The van der Waals surface area contributed by atoms with Gasteiger partial charge in [0.15, 0.2) is 0 Å². The zero-order chi connectivity index (χ0) is 12.1. The van der Waals surface area contributed by atoms with Crippen LogP contribution < -0.4 is 5.32 Å². The molecule has 90 valence electrons. The van der Waals surface area contributed by atoms with Crippen molar-refractivity contribution in [3.8, 4) is 0 Å². The molecule has 0 saturated carbocycles. The Morgan fingerprint density at radius 3 is 3.06 bits per heavy atom. The molecular formula is C14H18N2O. The lowest BCUT2D eigenvalue weighted by Crippen LogP contribution is -2.31. The third-order valence-corrected chi connectivity index (χ3v) is 3.18. The van der Waals surface area contributed by atoms with Crippen molar-refractivity contribution in [2.75, 3.05) is 0 Å². The summed E-state index contributed by atoms with van der Waals surface area (Å²) in [6.07, 6.45) is 6.81. The molecule has 17 heavy (non-hydrogen) atoms. The highest BCUT2D eigenvalue weighted by atomic mass is 16.1. The molecule has 1 aliphatic carbocycles. The zero-order valence-corrected chi connectivity index (χ0v) is 10.1. The fourth-order valence-electron chi connectivity index (χ4n) is 2.03. The van der Waals surface area contributed by atoms with Crippen molar-refractivity contribution >= 4 is 5.91 Å². The summed E-state index contributed by atoms with van der Waals surface area (Å²) in [6.45, 7) is 2.65. The van der Waals surface area contributed by atoms with Gasteiger partial charge in [-0.1, -0.05) is 17.7 Å². The first-order valence-corrected chi connectivity index (χ1v) is 6.09. The molecule has 1 atom stereocenters. The lowest BCUT2D eigenvalue weighted by molar-refractivity contribution is -0.125. The summed E-state index contributed by atoms with van der Waals surface area (Å²) in [5.41, 5.74) is 2.31. The number of carbonyl (C=O) groups is 1. The maximum Gasteiger partial charge on any atom is 0.223 e. The maximum atomic E-state index is 11.9. The molecule has 0 fully saturated rings. The smallest absolute Gasteiger partial charge is 0.223 e. The maximum absolute atomic E-state index is 11.9. The van der Waals surface area contributed by atoms with Crippen molar-refractivity contribution < 1.29 is 4.79 Å². The van der Waals surface area contributed by atoms with Gasteiger partial charge in [-0.15, -0.1) is 0 Å². The molecule has 1 aromatic rings. The minimum atomic E-state index is 0.141. The van der Waals surface area contributed by atoms with Crippen molar-refractivity contribution in [1.82, 2.24) is 10.3 Å². The molecule has 1 amide bonds. The van der Waals surface area contributed by atoms with Crippen LogP contribution in [0.1, 0.15) is 31.9 Å². The minimum Gasteiger partial charge on any atom is -0.350 e. The number of amides is 1. The Morgan fingerprint density at radius 2 is 2.41 bits per heavy atom. The number of hydrogen-bond acceptors (Lipinski definition) is 2. The first-order valence-electron chi connectivity index (χ1n) is 6.09. The second kappa shape index (κ2) is 5.62. The zero-order valence-electron chi connectivity index (χ0n) is 10.1. The van der Waals surface area contributed by atoms with Crippen LogP contribution in [0.5, 0.6) is 0 Å². The SMILES string of the molecule is CC1=CCC(C(=O)NCc2ccccn2)CC1. The largest absolute Gasteiger partial charge is 0.350 e. The summed E-state index contributed by atoms with van der Waals surface area (Å²) in [6, 6.07) is 5.73. The molecular weight excluding hydrogens is 212 g/mol. The number of rotatable bonds is 3. The van der Waals surface area contributed by atoms with Crippen LogP contribution >= 0.6 is 0 Å². The van der Waals surface area contributed by atoms with Crippen molar-refractivity contribution in [2.45, 2.75) is 32.7 Å². The molecule has 0 radical (unpaired) electrons. The van der Waals surface area contributed by atoms with Crippen molar-refractivity contribution in [1.29, 1.82) is 0 Å². The van der Waals surface area contributed by atoms with Crippen molar-refractivity contribution in [3.63, 3.8) is 0 Å². The third kappa shape index (κ3) is 3.41. The summed E-state index contributed by atoms with van der Waals surface area (Å²) in [4.78, 5) is 16.1. The lowest BCUT2D eigenvalue weighted by atomic mass is 9.90. The quantitative estimate of drug-likeness (QED) is 0.810. The predicted octanol–water partition coefficient (Wildman–Crippen LogP) is 2.44. The van der Waals surface area contributed by atoms with E-state index >= 15 is 0 Å². The number of nitrogens with one attached hydrogen (secondary N) is 1. The summed E-state index contributed by atoms with van der Waals surface area (Å²) < 4.78 is 0. The third-order valence-electron chi connectivity index (χ3n) is 3.18. The number of hydrogen-bond donors (Lipinski definition) is 1. The number of nitrogens with zero attached hydrogens (tertiary/aromatic N) is 1. The summed E-state index contributed by atoms with van der Waals surface area (Å²) in [5.74, 6) is 0.293. The van der Waals surface area contributed by atoms with E-state index in [9.17, 15) is 4.79 Å². The van der Waals surface area contributed by atoms with Crippen molar-refractivity contribution in [2.24, 2.45) is 5.92 Å². The Balaban J connectivity index is 1.82. The molecule has 0 aromatic carbocycles. The van der Waals surface area contributed by atoms with Crippen LogP contribution in [-0.4, -0.2) is 10.9 Å². The molecule has 0 saturated heterocycles. The van der Waals surface area contributed by atoms with Crippen LogP contribution in [-0.2, 0) is 11.3 Å². The van der Waals surface area contributed by atoms with Gasteiger partial charge >= 0.3 is 0 Å². The van der Waals surface area contributed by atoms with E-state index in [-0.39, 0.29) is 11.8 Å². The fourth-order valence-corrected chi connectivity index (χ4v) is 2.03. The van der Waals surface area contributed by atoms with Crippen LogP contribution in [0.2, 0.25) is 0 Å². The Kier molecular flexibility index (Phi) is 3.91. The van der Waals surface area contributed by atoms with E-state index in [1.807, 2.05) is 18.2 Å². The van der Waals surface area contributed by atoms with Crippen LogP contribution in [0.4, 0.5) is 0 Å². The number of pyridine rings is 1. The number of aromatic nitrogens is 1. The molecule has 1 aliphatic rings. The van der Waals surface area contributed by atoms with Crippen LogP contribution in [0.3, 0.4) is 0 Å². The molecule has 0 spiro atoms. The van der Waals surface area contributed by atoms with Gasteiger partial charge in [0.2, 0.25) is 5.91 Å². The van der Waals surface area contributed by atoms with Gasteiger partial charge in [-0.3, -0.25) is 9.78 Å². The molecule has 1 aromatic heterocycles. The van der Waals surface area contributed by atoms with Gasteiger partial charge in [0.05, 0.1) is 12.2 Å². The number of allylic oxidation sites excluding steroid dienone is 2. The van der Waals surface area contributed by atoms with Gasteiger partial charge in [0.25, 0.3) is 0 Å². The first kappa shape index (κ1) is 11.8. The molecule has 3 heteroatoms. The highest BCUT2D eigenvalue weighted by Crippen LogP contribution is 2.23. The second-order valence-electron chi connectivity index (χ2n) is 4.56. The van der Waals surface area contributed by atoms with Gasteiger partial charge in [-0.05, 0) is 38.3 Å². The van der Waals surface area contributed by atoms with Gasteiger partial charge in [-0.25, -0.2) is 0 Å². The van der Waals surface area contributed by atoms with E-state index in [2.05, 4.69) is 23.3 Å². The summed E-state index contributed by atoms with van der Waals surface area (Å²) in [7, 11) is 0. The highest BCUT2D eigenvalue weighted by molar-refractivity contribution is 5.78. The van der Waals surface area contributed by atoms with Crippen LogP contribution in [0, 0.1) is 5.92 Å². The standard InChI is InChI=1S/C14H18N2O/c1-11-5-7-12(8-6-11)14(17)16-10-13-4-2-3-9-15-13/h2-5,9,12H,6-8,10H2,1H3,(H,16,17). The summed E-state index contributed by atoms with van der Waals surface area (Å²) in [5, 5.41) is 2.95. The van der Waals surface area contributed by atoms with E-state index in [4.69, 9.17) is 0 Å². The molecule has 1 heterocycles. The molecule has 1 N–H and O–H groups in total. The monoisotopic (exact) mass is 230 g/mol. The van der Waals surface area contributed by atoms with E-state index in [1.54, 1.807) is 6.20 Å². The predicted molar refractivity (Wildman–Crippen MR) is 67.2 cm³/mol. The normalized spacial score (nSPS) is 19.6. The summed E-state index contributed by atoms with van der Waals surface area (Å²) >= 11 is 0. The van der Waals surface area contributed by atoms with Crippen molar-refractivity contribution in [3.05, 3.63) is 41.7 Å². The Labute approximate surface area is 102 Å². The van der Waals surface area contributed by atoms with E-state index in [0.717, 1.165) is 25.0 Å². The fraction of sp³-hybridized carbons (Fsp3) is 0.429. The van der Waals surface area contributed by atoms with E-state index in [0.29, 0.717) is 6.54 Å². The number of carbonyl (C=O) groups excluding carboxylic acids is 1. The van der Waals surface area contributed by atoms with Gasteiger partial charge in [0, 0.05) is 12.1 Å². The van der Waals surface area contributed by atoms with Crippen LogP contribution in [0.25, 0.3) is 0 Å².